The molecule has 0 aromatic carbocycles. The second-order valence-electron chi connectivity index (χ2n) is 30.5. The van der Waals surface area contributed by atoms with Crippen molar-refractivity contribution in [2.45, 2.75) is 427 Å². The summed E-state index contributed by atoms with van der Waals surface area (Å²) in [6.07, 6.45) is 55.5. The van der Waals surface area contributed by atoms with Crippen molar-refractivity contribution in [1.82, 2.24) is 0 Å². The van der Waals surface area contributed by atoms with Crippen molar-refractivity contribution in [2.75, 3.05) is 39.6 Å². The van der Waals surface area contributed by atoms with Gasteiger partial charge < -0.3 is 33.8 Å². The van der Waals surface area contributed by atoms with Crippen LogP contribution in [0.2, 0.25) is 0 Å². The SMILES string of the molecule is CCC(C)CCCCCCCCCCCCC(=O)O[C@H](COC(=O)CCCCCCCCCC(C)C)COP(=O)(O)OCC(O)COP(=O)(O)OC[C@@H](COC(=O)CCCCCCCCCCCCCCCCC(C)C)OC(=O)CCCCCCCCCCCCCCCCCC(C)C. The number of esters is 4. The monoisotopic (exact) mass is 1450 g/mol. The van der Waals surface area contributed by atoms with Gasteiger partial charge in [0, 0.05) is 25.7 Å². The van der Waals surface area contributed by atoms with E-state index in [1.807, 2.05) is 0 Å². The zero-order valence-electron chi connectivity index (χ0n) is 65.1. The van der Waals surface area contributed by atoms with Gasteiger partial charge in [-0.2, -0.15) is 0 Å². The van der Waals surface area contributed by atoms with Gasteiger partial charge in [0.1, 0.15) is 19.3 Å². The standard InChI is InChI=1S/C80H156O17P2/c1-9-73(8)59-51-43-35-27-23-24-30-38-47-55-63-80(85)97-76(67-91-78(83)61-53-45-39-31-34-42-50-58-72(6)7)69-95-99(88,89)93-65-74(81)64-92-98(86,87)94-68-75(66-90-77(82)60-52-44-36-28-21-17-14-13-16-20-26-33-41-49-57-71(4)5)96-79(84)62-54-46-37-29-22-18-12-10-11-15-19-25-32-40-48-56-70(2)3/h70-76,81H,9-69H2,1-8H3,(H,86,87)(H,88,89)/t73?,74?,75-,76-/m1/s1. The molecule has 6 atom stereocenters. The molecule has 0 saturated carbocycles. The number of phosphoric acid groups is 2. The van der Waals surface area contributed by atoms with E-state index in [1.165, 1.54) is 205 Å². The molecule has 17 nitrogen and oxygen atoms in total. The van der Waals surface area contributed by atoms with Gasteiger partial charge in [0.25, 0.3) is 0 Å². The van der Waals surface area contributed by atoms with Crippen molar-refractivity contribution >= 4 is 39.5 Å². The quantitative estimate of drug-likeness (QED) is 0.0222. The van der Waals surface area contributed by atoms with Crippen LogP contribution in [-0.4, -0.2) is 96.7 Å². The Morgan fingerprint density at radius 1 is 0.283 bits per heavy atom. The highest BCUT2D eigenvalue weighted by Gasteiger charge is 2.30. The maximum absolute atomic E-state index is 13.1. The van der Waals surface area contributed by atoms with Gasteiger partial charge in [0.2, 0.25) is 0 Å². The molecule has 99 heavy (non-hydrogen) atoms. The first-order valence-electron chi connectivity index (χ1n) is 41.2. The summed E-state index contributed by atoms with van der Waals surface area (Å²) in [5.74, 6) is 0.994. The van der Waals surface area contributed by atoms with Crippen molar-refractivity contribution in [3.8, 4) is 0 Å². The molecular weight excluding hydrogens is 1290 g/mol. The molecule has 19 heteroatoms. The zero-order chi connectivity index (χ0) is 73.1. The first-order chi connectivity index (χ1) is 47.6. The van der Waals surface area contributed by atoms with Crippen molar-refractivity contribution in [1.29, 1.82) is 0 Å². The van der Waals surface area contributed by atoms with Crippen molar-refractivity contribution in [2.24, 2.45) is 23.7 Å². The largest absolute Gasteiger partial charge is 0.472 e. The summed E-state index contributed by atoms with van der Waals surface area (Å²) in [5.41, 5.74) is 0. The van der Waals surface area contributed by atoms with Crippen LogP contribution in [0.4, 0.5) is 0 Å². The number of hydrogen-bond donors (Lipinski definition) is 3. The average molecular weight is 1450 g/mol. The lowest BCUT2D eigenvalue weighted by atomic mass is 9.99. The third-order valence-corrected chi connectivity index (χ3v) is 20.8. The maximum Gasteiger partial charge on any atom is 0.472 e. The minimum Gasteiger partial charge on any atom is -0.462 e. The van der Waals surface area contributed by atoms with E-state index in [-0.39, 0.29) is 25.7 Å². The molecule has 4 unspecified atom stereocenters. The Bertz CT molecular complexity index is 1940. The summed E-state index contributed by atoms with van der Waals surface area (Å²) in [6.45, 7) is 14.3. The number of aliphatic hydroxyl groups excluding tert-OH is 1. The predicted octanol–water partition coefficient (Wildman–Crippen LogP) is 23.6. The molecule has 0 amide bonds. The summed E-state index contributed by atoms with van der Waals surface area (Å²) >= 11 is 0. The Morgan fingerprint density at radius 2 is 0.485 bits per heavy atom. The van der Waals surface area contributed by atoms with Gasteiger partial charge in [-0.05, 0) is 49.4 Å². The number of unbranched alkanes of at least 4 members (excludes halogenated alkanes) is 42. The first-order valence-corrected chi connectivity index (χ1v) is 44.2. The van der Waals surface area contributed by atoms with Gasteiger partial charge in [0.15, 0.2) is 12.2 Å². The summed E-state index contributed by atoms with van der Waals surface area (Å²) in [5, 5.41) is 10.6. The van der Waals surface area contributed by atoms with Crippen LogP contribution in [0.25, 0.3) is 0 Å². The molecular formula is C80H156O17P2. The molecule has 0 aromatic rings. The molecule has 0 bridgehead atoms. The van der Waals surface area contributed by atoms with Crippen LogP contribution in [0.3, 0.4) is 0 Å². The highest BCUT2D eigenvalue weighted by molar-refractivity contribution is 7.47. The average Bonchev–Trinajstić information content (AvgIpc) is 0.965. The van der Waals surface area contributed by atoms with E-state index in [1.54, 1.807) is 0 Å². The summed E-state index contributed by atoms with van der Waals surface area (Å²) in [4.78, 5) is 73.0. The summed E-state index contributed by atoms with van der Waals surface area (Å²) in [7, 11) is -9.92. The summed E-state index contributed by atoms with van der Waals surface area (Å²) < 4.78 is 68.7. The van der Waals surface area contributed by atoms with Crippen LogP contribution in [0.15, 0.2) is 0 Å². The van der Waals surface area contributed by atoms with Crippen LogP contribution in [0.5, 0.6) is 0 Å². The molecule has 0 aliphatic rings. The first kappa shape index (κ1) is 97.1. The molecule has 0 rings (SSSR count). The highest BCUT2D eigenvalue weighted by atomic mass is 31.2. The lowest BCUT2D eigenvalue weighted by molar-refractivity contribution is -0.161. The van der Waals surface area contributed by atoms with Gasteiger partial charge in [0.05, 0.1) is 26.4 Å². The minimum atomic E-state index is -4.96. The fourth-order valence-corrected chi connectivity index (χ4v) is 13.8. The summed E-state index contributed by atoms with van der Waals surface area (Å²) in [6, 6.07) is 0. The van der Waals surface area contributed by atoms with Crippen LogP contribution in [0.1, 0.15) is 409 Å². The van der Waals surface area contributed by atoms with Crippen LogP contribution in [0, 0.1) is 23.7 Å². The van der Waals surface area contributed by atoms with E-state index in [4.69, 9.17) is 37.0 Å². The number of aliphatic hydroxyl groups is 1. The third-order valence-electron chi connectivity index (χ3n) is 18.9. The molecule has 0 fully saturated rings. The molecule has 0 heterocycles. The fraction of sp³-hybridized carbons (Fsp3) is 0.950. The van der Waals surface area contributed by atoms with Crippen molar-refractivity contribution < 1.29 is 80.2 Å². The fourth-order valence-electron chi connectivity index (χ4n) is 12.2. The Hall–Kier alpha value is -1.94. The van der Waals surface area contributed by atoms with Gasteiger partial charge in [-0.3, -0.25) is 37.3 Å². The number of carbonyl (C=O) groups excluding carboxylic acids is 4. The normalized spacial score (nSPS) is 14.3. The van der Waals surface area contributed by atoms with Gasteiger partial charge in [-0.25, -0.2) is 9.13 Å². The van der Waals surface area contributed by atoms with Gasteiger partial charge in [-0.15, -0.1) is 0 Å². The third kappa shape index (κ3) is 72.8. The molecule has 0 aliphatic heterocycles. The predicted molar refractivity (Wildman–Crippen MR) is 404 cm³/mol. The van der Waals surface area contributed by atoms with Gasteiger partial charge in [-0.1, -0.05) is 357 Å². The van der Waals surface area contributed by atoms with E-state index in [9.17, 15) is 43.2 Å². The molecule has 0 aromatic heterocycles. The lowest BCUT2D eigenvalue weighted by Gasteiger charge is -2.21. The van der Waals surface area contributed by atoms with E-state index in [0.717, 1.165) is 114 Å². The van der Waals surface area contributed by atoms with Crippen molar-refractivity contribution in [3.05, 3.63) is 0 Å². The number of hydrogen-bond acceptors (Lipinski definition) is 15. The van der Waals surface area contributed by atoms with E-state index >= 15 is 0 Å². The Labute approximate surface area is 607 Å². The molecule has 588 valence electrons. The molecule has 0 aliphatic carbocycles. The highest BCUT2D eigenvalue weighted by Crippen LogP contribution is 2.45. The Balaban J connectivity index is 5.25. The van der Waals surface area contributed by atoms with Crippen molar-refractivity contribution in [3.63, 3.8) is 0 Å². The van der Waals surface area contributed by atoms with E-state index in [0.29, 0.717) is 31.6 Å². The minimum absolute atomic E-state index is 0.105. The Morgan fingerprint density at radius 3 is 0.717 bits per heavy atom. The van der Waals surface area contributed by atoms with Crippen LogP contribution in [-0.2, 0) is 65.4 Å². The van der Waals surface area contributed by atoms with E-state index < -0.39 is 97.5 Å². The number of carbonyl (C=O) groups is 4. The number of rotatable bonds is 77. The maximum atomic E-state index is 13.1. The Kier molecular flexibility index (Phi) is 67.8. The lowest BCUT2D eigenvalue weighted by Crippen LogP contribution is -2.30. The molecule has 0 radical (unpaired) electrons. The number of phosphoric ester groups is 2. The smallest absolute Gasteiger partial charge is 0.462 e. The molecule has 0 spiro atoms. The zero-order valence-corrected chi connectivity index (χ0v) is 66.9. The van der Waals surface area contributed by atoms with E-state index in [2.05, 4.69) is 55.4 Å². The second-order valence-corrected chi connectivity index (χ2v) is 33.4. The molecule has 0 saturated heterocycles. The van der Waals surface area contributed by atoms with Crippen LogP contribution >= 0.6 is 15.6 Å². The second kappa shape index (κ2) is 69.1. The van der Waals surface area contributed by atoms with Crippen LogP contribution < -0.4 is 0 Å². The molecule has 3 N–H and O–H groups in total. The number of ether oxygens (including phenoxy) is 4. The van der Waals surface area contributed by atoms with Gasteiger partial charge >= 0.3 is 39.5 Å². The topological polar surface area (TPSA) is 237 Å².